The summed E-state index contributed by atoms with van der Waals surface area (Å²) in [5.74, 6) is 2.18. The molecule has 2 saturated heterocycles. The van der Waals surface area contributed by atoms with Crippen LogP contribution in [0.4, 0.5) is 0 Å². The number of hydrogen-bond donors (Lipinski definition) is 0. The molecule has 2 atom stereocenters. The van der Waals surface area contributed by atoms with Crippen molar-refractivity contribution in [2.24, 2.45) is 11.8 Å². The van der Waals surface area contributed by atoms with Crippen LogP contribution in [0.5, 0.6) is 0 Å². The van der Waals surface area contributed by atoms with Crippen LogP contribution in [0, 0.1) is 11.8 Å². The minimum absolute atomic E-state index is 0.867. The first-order valence-corrected chi connectivity index (χ1v) is 6.67. The van der Waals surface area contributed by atoms with E-state index >= 15 is 0 Å². The summed E-state index contributed by atoms with van der Waals surface area (Å²) in [4.78, 5) is 2.71. The molecule has 88 valence electrons. The second kappa shape index (κ2) is 5.31. The Morgan fingerprint density at radius 2 is 1.60 bits per heavy atom. The molecule has 0 spiro atoms. The average molecular weight is 211 g/mol. The highest BCUT2D eigenvalue weighted by Gasteiger charge is 2.46. The molecule has 0 aromatic rings. The van der Waals surface area contributed by atoms with E-state index in [9.17, 15) is 0 Å². The fraction of sp³-hybridized carbons (Fsp3) is 1.00. The summed E-state index contributed by atoms with van der Waals surface area (Å²) in [6.45, 7) is 9.04. The molecular weight excluding hydrogens is 186 g/mol. The van der Waals surface area contributed by atoms with Crippen molar-refractivity contribution in [1.82, 2.24) is 4.90 Å². The highest BCUT2D eigenvalue weighted by atomic mass is 16.5. The van der Waals surface area contributed by atoms with Crippen molar-refractivity contribution in [3.8, 4) is 0 Å². The maximum atomic E-state index is 5.37. The van der Waals surface area contributed by atoms with Crippen LogP contribution in [0.3, 0.4) is 0 Å². The third-order valence-corrected chi connectivity index (χ3v) is 3.71. The van der Waals surface area contributed by atoms with Gasteiger partial charge < -0.3 is 4.74 Å². The summed E-state index contributed by atoms with van der Waals surface area (Å²) in [5, 5.41) is 0. The molecule has 0 amide bonds. The SMILES string of the molecule is C1CC(N2CC3CC3C2)CCO1.CCC. The predicted octanol–water partition coefficient (Wildman–Crippen LogP) is 2.53. The van der Waals surface area contributed by atoms with E-state index in [1.54, 1.807) is 0 Å². The molecule has 1 aliphatic carbocycles. The Labute approximate surface area is 94.0 Å². The lowest BCUT2D eigenvalue weighted by atomic mass is 10.1. The van der Waals surface area contributed by atoms with Gasteiger partial charge in [-0.05, 0) is 31.1 Å². The normalized spacial score (nSPS) is 35.6. The van der Waals surface area contributed by atoms with E-state index in [4.69, 9.17) is 4.74 Å². The lowest BCUT2D eigenvalue weighted by Gasteiger charge is -2.31. The van der Waals surface area contributed by atoms with Gasteiger partial charge in [0, 0.05) is 32.3 Å². The first-order valence-electron chi connectivity index (χ1n) is 6.67. The summed E-state index contributed by atoms with van der Waals surface area (Å²) >= 11 is 0. The topological polar surface area (TPSA) is 12.5 Å². The Bertz CT molecular complexity index is 179. The Balaban J connectivity index is 0.000000258. The van der Waals surface area contributed by atoms with Crippen LogP contribution in [0.1, 0.15) is 39.5 Å². The van der Waals surface area contributed by atoms with Gasteiger partial charge in [-0.25, -0.2) is 0 Å². The summed E-state index contributed by atoms with van der Waals surface area (Å²) in [5.41, 5.74) is 0. The molecule has 15 heavy (non-hydrogen) atoms. The largest absolute Gasteiger partial charge is 0.381 e. The van der Waals surface area contributed by atoms with Crippen LogP contribution in [-0.4, -0.2) is 37.2 Å². The van der Waals surface area contributed by atoms with Gasteiger partial charge >= 0.3 is 0 Å². The molecule has 0 aromatic heterocycles. The first-order chi connectivity index (χ1) is 7.35. The Morgan fingerprint density at radius 1 is 1.07 bits per heavy atom. The zero-order valence-electron chi connectivity index (χ0n) is 10.2. The van der Waals surface area contributed by atoms with E-state index in [0.29, 0.717) is 0 Å². The van der Waals surface area contributed by atoms with Crippen LogP contribution in [0.2, 0.25) is 0 Å². The van der Waals surface area contributed by atoms with Crippen molar-refractivity contribution in [1.29, 1.82) is 0 Å². The minimum Gasteiger partial charge on any atom is -0.381 e. The molecule has 0 aromatic carbocycles. The summed E-state index contributed by atoms with van der Waals surface area (Å²) in [6.07, 6.45) is 5.33. The Kier molecular flexibility index (Phi) is 4.04. The van der Waals surface area contributed by atoms with Gasteiger partial charge in [0.15, 0.2) is 0 Å². The second-order valence-electron chi connectivity index (χ2n) is 5.26. The van der Waals surface area contributed by atoms with E-state index in [-0.39, 0.29) is 0 Å². The molecule has 0 radical (unpaired) electrons. The van der Waals surface area contributed by atoms with Crippen molar-refractivity contribution in [2.75, 3.05) is 26.3 Å². The predicted molar refractivity (Wildman–Crippen MR) is 63.0 cm³/mol. The lowest BCUT2D eigenvalue weighted by Crippen LogP contribution is -2.38. The Morgan fingerprint density at radius 3 is 2.13 bits per heavy atom. The molecule has 2 heteroatoms. The highest BCUT2D eigenvalue weighted by molar-refractivity contribution is 4.98. The molecule has 0 bridgehead atoms. The lowest BCUT2D eigenvalue weighted by molar-refractivity contribution is 0.0385. The highest BCUT2D eigenvalue weighted by Crippen LogP contribution is 2.46. The van der Waals surface area contributed by atoms with E-state index < -0.39 is 0 Å². The molecule has 1 saturated carbocycles. The maximum Gasteiger partial charge on any atom is 0.0480 e. The Hall–Kier alpha value is -0.0800. The molecule has 3 fully saturated rings. The number of rotatable bonds is 1. The van der Waals surface area contributed by atoms with Crippen molar-refractivity contribution in [2.45, 2.75) is 45.6 Å². The van der Waals surface area contributed by atoms with Crippen molar-refractivity contribution < 1.29 is 4.74 Å². The quantitative estimate of drug-likeness (QED) is 0.661. The molecule has 3 rings (SSSR count). The fourth-order valence-corrected chi connectivity index (χ4v) is 2.78. The number of fused-ring (bicyclic) bond motifs is 1. The van der Waals surface area contributed by atoms with Crippen LogP contribution in [0.25, 0.3) is 0 Å². The van der Waals surface area contributed by atoms with Gasteiger partial charge in [-0.1, -0.05) is 20.3 Å². The van der Waals surface area contributed by atoms with Gasteiger partial charge in [-0.15, -0.1) is 0 Å². The number of piperidine rings is 1. The van der Waals surface area contributed by atoms with Crippen LogP contribution in [0.15, 0.2) is 0 Å². The molecule has 2 heterocycles. The monoisotopic (exact) mass is 211 g/mol. The van der Waals surface area contributed by atoms with Gasteiger partial charge in [0.2, 0.25) is 0 Å². The van der Waals surface area contributed by atoms with Crippen LogP contribution in [-0.2, 0) is 4.74 Å². The molecule has 3 aliphatic rings. The summed E-state index contributed by atoms with van der Waals surface area (Å²) < 4.78 is 5.37. The zero-order chi connectivity index (χ0) is 10.7. The number of nitrogens with zero attached hydrogens (tertiary/aromatic N) is 1. The van der Waals surface area contributed by atoms with E-state index in [0.717, 1.165) is 31.1 Å². The van der Waals surface area contributed by atoms with Gasteiger partial charge in [0.25, 0.3) is 0 Å². The number of ether oxygens (including phenoxy) is 1. The molecular formula is C13H25NO. The summed E-state index contributed by atoms with van der Waals surface area (Å²) in [7, 11) is 0. The number of likely N-dealkylation sites (tertiary alicyclic amines) is 1. The van der Waals surface area contributed by atoms with E-state index in [2.05, 4.69) is 18.7 Å². The summed E-state index contributed by atoms with van der Waals surface area (Å²) in [6, 6.07) is 0.867. The fourth-order valence-electron chi connectivity index (χ4n) is 2.78. The number of hydrogen-bond acceptors (Lipinski definition) is 2. The first kappa shape index (κ1) is 11.4. The van der Waals surface area contributed by atoms with Crippen LogP contribution >= 0.6 is 0 Å². The maximum absolute atomic E-state index is 5.37. The van der Waals surface area contributed by atoms with Crippen molar-refractivity contribution in [3.05, 3.63) is 0 Å². The molecule has 2 nitrogen and oxygen atoms in total. The minimum atomic E-state index is 0.867. The standard InChI is InChI=1S/C10H17NO.C3H8/c1-3-12-4-2-10(1)11-6-8-5-9(8)7-11;1-3-2/h8-10H,1-7H2;3H2,1-2H3. The van der Waals surface area contributed by atoms with E-state index in [1.165, 1.54) is 38.8 Å². The van der Waals surface area contributed by atoms with E-state index in [1.807, 2.05) is 0 Å². The average Bonchev–Trinajstić information content (AvgIpc) is 2.88. The third kappa shape index (κ3) is 2.94. The third-order valence-electron chi connectivity index (χ3n) is 3.71. The van der Waals surface area contributed by atoms with Crippen LogP contribution < -0.4 is 0 Å². The van der Waals surface area contributed by atoms with Gasteiger partial charge in [0.05, 0.1) is 0 Å². The van der Waals surface area contributed by atoms with Crippen molar-refractivity contribution in [3.63, 3.8) is 0 Å². The molecule has 2 unspecified atom stereocenters. The van der Waals surface area contributed by atoms with Gasteiger partial charge in [-0.2, -0.15) is 0 Å². The molecule has 2 aliphatic heterocycles. The second-order valence-corrected chi connectivity index (χ2v) is 5.26. The molecule has 0 N–H and O–H groups in total. The smallest absolute Gasteiger partial charge is 0.0480 e. The van der Waals surface area contributed by atoms with Gasteiger partial charge in [0.1, 0.15) is 0 Å². The van der Waals surface area contributed by atoms with Gasteiger partial charge in [-0.3, -0.25) is 4.90 Å². The van der Waals surface area contributed by atoms with Crippen molar-refractivity contribution >= 4 is 0 Å². The zero-order valence-corrected chi connectivity index (χ0v) is 10.2.